The fourth-order valence-electron chi connectivity index (χ4n) is 8.41. The number of hydrogen-bond acceptors (Lipinski definition) is 3. The lowest BCUT2D eigenvalue weighted by Gasteiger charge is -2.49. The van der Waals surface area contributed by atoms with Crippen LogP contribution in [0.1, 0.15) is 92.4 Å². The molecule has 1 heterocycles. The molecule has 1 saturated heterocycles. The maximum Gasteiger partial charge on any atom is 0.0761 e. The summed E-state index contributed by atoms with van der Waals surface area (Å²) in [6.07, 6.45) is 12.9. The van der Waals surface area contributed by atoms with Crippen LogP contribution in [0.15, 0.2) is 22.8 Å². The summed E-state index contributed by atoms with van der Waals surface area (Å²) in [5.41, 5.74) is 5.38. The van der Waals surface area contributed by atoms with Gasteiger partial charge in [0.1, 0.15) is 0 Å². The van der Waals surface area contributed by atoms with Gasteiger partial charge in [0.25, 0.3) is 0 Å². The van der Waals surface area contributed by atoms with Gasteiger partial charge in [0.05, 0.1) is 18.3 Å². The molecule has 0 radical (unpaired) electrons. The Kier molecular flexibility index (Phi) is 6.17. The summed E-state index contributed by atoms with van der Waals surface area (Å²) >= 11 is 0. The molecular formula is C29H47NO2. The molecule has 1 aliphatic heterocycles. The normalized spacial score (nSPS) is 47.0. The van der Waals surface area contributed by atoms with Gasteiger partial charge in [0.2, 0.25) is 0 Å². The lowest BCUT2D eigenvalue weighted by Crippen LogP contribution is -2.43. The minimum atomic E-state index is -0.110. The predicted molar refractivity (Wildman–Crippen MR) is 131 cm³/mol. The van der Waals surface area contributed by atoms with Crippen LogP contribution < -0.4 is 5.32 Å². The Hall–Kier alpha value is -0.640. The van der Waals surface area contributed by atoms with Gasteiger partial charge in [0.15, 0.2) is 0 Å². The van der Waals surface area contributed by atoms with E-state index in [0.717, 1.165) is 56.1 Å². The third-order valence-electron chi connectivity index (χ3n) is 11.0. The SMILES string of the molecule is CC[C@H](C)CN[C@@H]1CO[C@]2(CC[C@@H]3C(=C(C)C2)C[C@H]2[C@H]3CC=C3C[C@@H](O)CC[C@@]32C)[C@@H]1C. The van der Waals surface area contributed by atoms with E-state index in [4.69, 9.17) is 4.74 Å². The van der Waals surface area contributed by atoms with Gasteiger partial charge >= 0.3 is 0 Å². The smallest absolute Gasteiger partial charge is 0.0761 e. The molecule has 180 valence electrons. The fraction of sp³-hybridized carbons (Fsp3) is 0.862. The van der Waals surface area contributed by atoms with Crippen molar-refractivity contribution in [3.05, 3.63) is 22.8 Å². The zero-order chi connectivity index (χ0) is 22.7. The van der Waals surface area contributed by atoms with Gasteiger partial charge in [-0.25, -0.2) is 0 Å². The van der Waals surface area contributed by atoms with Crippen molar-refractivity contribution in [2.24, 2.45) is 35.0 Å². The van der Waals surface area contributed by atoms with Crippen LogP contribution in [-0.2, 0) is 4.74 Å². The lowest BCUT2D eigenvalue weighted by molar-refractivity contribution is -0.0279. The molecule has 0 aromatic rings. The minimum Gasteiger partial charge on any atom is -0.393 e. The Morgan fingerprint density at radius 1 is 1.25 bits per heavy atom. The quantitative estimate of drug-likeness (QED) is 0.523. The van der Waals surface area contributed by atoms with Crippen LogP contribution in [0, 0.1) is 35.0 Å². The van der Waals surface area contributed by atoms with E-state index in [1.807, 2.05) is 0 Å². The third kappa shape index (κ3) is 3.66. The molecule has 3 fully saturated rings. The number of fused-ring (bicyclic) bond motifs is 5. The zero-order valence-corrected chi connectivity index (χ0v) is 21.3. The van der Waals surface area contributed by atoms with Gasteiger partial charge in [-0.1, -0.05) is 56.9 Å². The largest absolute Gasteiger partial charge is 0.393 e. The van der Waals surface area contributed by atoms with Crippen molar-refractivity contribution >= 4 is 0 Å². The summed E-state index contributed by atoms with van der Waals surface area (Å²) in [6, 6.07) is 0.500. The number of aliphatic hydroxyl groups excluding tert-OH is 1. The zero-order valence-electron chi connectivity index (χ0n) is 21.3. The number of hydrogen-bond donors (Lipinski definition) is 2. The second-order valence-electron chi connectivity index (χ2n) is 12.6. The van der Waals surface area contributed by atoms with Gasteiger partial charge in [-0.05, 0) is 93.9 Å². The molecule has 32 heavy (non-hydrogen) atoms. The molecule has 4 aliphatic carbocycles. The summed E-state index contributed by atoms with van der Waals surface area (Å²) in [4.78, 5) is 0. The van der Waals surface area contributed by atoms with E-state index in [1.165, 1.54) is 38.5 Å². The van der Waals surface area contributed by atoms with Gasteiger partial charge < -0.3 is 15.2 Å². The molecule has 3 nitrogen and oxygen atoms in total. The molecule has 5 rings (SSSR count). The predicted octanol–water partition coefficient (Wildman–Crippen LogP) is 6.03. The number of nitrogens with one attached hydrogen (secondary N) is 1. The van der Waals surface area contributed by atoms with Gasteiger partial charge in [-0.15, -0.1) is 0 Å². The van der Waals surface area contributed by atoms with Crippen LogP contribution in [0.3, 0.4) is 0 Å². The molecule has 9 atom stereocenters. The van der Waals surface area contributed by atoms with Gasteiger partial charge in [0, 0.05) is 12.0 Å². The highest BCUT2D eigenvalue weighted by Crippen LogP contribution is 2.63. The molecule has 2 N–H and O–H groups in total. The van der Waals surface area contributed by atoms with E-state index in [9.17, 15) is 5.11 Å². The van der Waals surface area contributed by atoms with Crippen molar-refractivity contribution in [2.75, 3.05) is 13.2 Å². The van der Waals surface area contributed by atoms with E-state index >= 15 is 0 Å². The first-order chi connectivity index (χ1) is 15.3. The second-order valence-corrected chi connectivity index (χ2v) is 12.6. The number of aliphatic hydroxyl groups is 1. The molecule has 3 heteroatoms. The molecular weight excluding hydrogens is 394 g/mol. The molecule has 0 aromatic carbocycles. The average molecular weight is 442 g/mol. The van der Waals surface area contributed by atoms with E-state index in [1.54, 1.807) is 16.7 Å². The average Bonchev–Trinajstić information content (AvgIpc) is 3.25. The van der Waals surface area contributed by atoms with E-state index in [0.29, 0.717) is 17.4 Å². The molecule has 0 amide bonds. The van der Waals surface area contributed by atoms with Crippen molar-refractivity contribution in [1.82, 2.24) is 5.32 Å². The third-order valence-corrected chi connectivity index (χ3v) is 11.0. The Morgan fingerprint density at radius 3 is 2.84 bits per heavy atom. The number of rotatable bonds is 4. The summed E-state index contributed by atoms with van der Waals surface area (Å²) in [5, 5.41) is 14.1. The summed E-state index contributed by atoms with van der Waals surface area (Å²) < 4.78 is 6.71. The Bertz CT molecular complexity index is 786. The number of allylic oxidation sites excluding steroid dienone is 2. The molecule has 0 aromatic heterocycles. The Labute approximate surface area is 196 Å². The van der Waals surface area contributed by atoms with E-state index < -0.39 is 0 Å². The summed E-state index contributed by atoms with van der Waals surface area (Å²) in [6.45, 7) is 14.0. The van der Waals surface area contributed by atoms with Crippen LogP contribution in [-0.4, -0.2) is 36.0 Å². The first kappa shape index (κ1) is 23.1. The lowest BCUT2D eigenvalue weighted by atomic mass is 9.56. The first-order valence-corrected chi connectivity index (χ1v) is 13.7. The Balaban J connectivity index is 1.34. The highest BCUT2D eigenvalue weighted by molar-refractivity contribution is 5.33. The first-order valence-electron chi connectivity index (χ1n) is 13.7. The monoisotopic (exact) mass is 441 g/mol. The van der Waals surface area contributed by atoms with E-state index in [-0.39, 0.29) is 11.7 Å². The highest BCUT2D eigenvalue weighted by atomic mass is 16.5. The molecule has 1 spiro atoms. The minimum absolute atomic E-state index is 0.0402. The molecule has 0 bridgehead atoms. The standard InChI is InChI=1S/C29H47NO2/c1-6-18(2)16-30-27-17-32-29(20(27)4)12-10-23-24-8-7-21-13-22(31)9-11-28(21,5)26(24)14-25(23)19(3)15-29/h7,18,20,22-24,26-27,30-31H,6,8-17H2,1-5H3/t18-,20+,22-,23-,24-,26-,27+,28-,29-/m0/s1. The van der Waals surface area contributed by atoms with Crippen LogP contribution >= 0.6 is 0 Å². The highest BCUT2D eigenvalue weighted by Gasteiger charge is 2.56. The second kappa shape index (κ2) is 8.54. The van der Waals surface area contributed by atoms with Crippen molar-refractivity contribution in [1.29, 1.82) is 0 Å². The Morgan fingerprint density at radius 2 is 2.06 bits per heavy atom. The van der Waals surface area contributed by atoms with Crippen molar-refractivity contribution < 1.29 is 9.84 Å². The summed E-state index contributed by atoms with van der Waals surface area (Å²) in [5.74, 6) is 3.65. The molecule has 2 saturated carbocycles. The maximum absolute atomic E-state index is 10.3. The van der Waals surface area contributed by atoms with Crippen LogP contribution in [0.4, 0.5) is 0 Å². The molecule has 0 unspecified atom stereocenters. The van der Waals surface area contributed by atoms with Gasteiger partial charge in [-0.2, -0.15) is 0 Å². The van der Waals surface area contributed by atoms with Crippen LogP contribution in [0.25, 0.3) is 0 Å². The van der Waals surface area contributed by atoms with Crippen LogP contribution in [0.5, 0.6) is 0 Å². The van der Waals surface area contributed by atoms with Crippen molar-refractivity contribution in [2.45, 2.75) is 110 Å². The number of ether oxygens (including phenoxy) is 1. The van der Waals surface area contributed by atoms with Crippen LogP contribution in [0.2, 0.25) is 0 Å². The topological polar surface area (TPSA) is 41.5 Å². The van der Waals surface area contributed by atoms with Crippen molar-refractivity contribution in [3.63, 3.8) is 0 Å². The fourth-order valence-corrected chi connectivity index (χ4v) is 8.41. The van der Waals surface area contributed by atoms with E-state index in [2.05, 4.69) is 46.0 Å². The maximum atomic E-state index is 10.3. The molecule has 5 aliphatic rings. The summed E-state index contributed by atoms with van der Waals surface area (Å²) in [7, 11) is 0. The van der Waals surface area contributed by atoms with Gasteiger partial charge in [-0.3, -0.25) is 0 Å². The van der Waals surface area contributed by atoms with Crippen molar-refractivity contribution in [3.8, 4) is 0 Å².